The minimum Gasteiger partial charge on any atom is -0.311 e. The van der Waals surface area contributed by atoms with Gasteiger partial charge >= 0.3 is 0 Å². The molecule has 0 saturated heterocycles. The molecule has 1 aromatic carbocycles. The normalized spacial score (nSPS) is 17.8. The lowest BCUT2D eigenvalue weighted by molar-refractivity contribution is 0.0598. The summed E-state index contributed by atoms with van der Waals surface area (Å²) in [5, 5.41) is 3.64. The second kappa shape index (κ2) is 5.41. The smallest absolute Gasteiger partial charge is 0.0328 e. The molecule has 0 amide bonds. The molecule has 0 spiro atoms. The van der Waals surface area contributed by atoms with Gasteiger partial charge in [-0.2, -0.15) is 0 Å². The van der Waals surface area contributed by atoms with Gasteiger partial charge in [-0.05, 0) is 58.3 Å². The minimum atomic E-state index is 0.415. The van der Waals surface area contributed by atoms with Crippen LogP contribution in [0.3, 0.4) is 0 Å². The SMILES string of the molecule is Cc1ccc(CNCC2(N(C)C)CCC2)c(C)c1. The number of benzene rings is 1. The van der Waals surface area contributed by atoms with Gasteiger partial charge in [0.05, 0.1) is 0 Å². The van der Waals surface area contributed by atoms with Gasteiger partial charge in [-0.25, -0.2) is 0 Å². The highest BCUT2D eigenvalue weighted by molar-refractivity contribution is 5.30. The van der Waals surface area contributed by atoms with Crippen LogP contribution in [0, 0.1) is 13.8 Å². The average Bonchev–Trinajstić information content (AvgIpc) is 2.24. The number of nitrogens with one attached hydrogen (secondary N) is 1. The molecule has 1 fully saturated rings. The number of hydrogen-bond acceptors (Lipinski definition) is 2. The van der Waals surface area contributed by atoms with Crippen LogP contribution < -0.4 is 5.32 Å². The van der Waals surface area contributed by atoms with Gasteiger partial charge in [-0.1, -0.05) is 23.8 Å². The lowest BCUT2D eigenvalue weighted by Gasteiger charge is -2.47. The van der Waals surface area contributed by atoms with Crippen LogP contribution in [0.4, 0.5) is 0 Å². The predicted molar refractivity (Wildman–Crippen MR) is 77.9 cm³/mol. The van der Waals surface area contributed by atoms with Gasteiger partial charge in [0, 0.05) is 18.6 Å². The molecule has 0 heterocycles. The zero-order chi connectivity index (χ0) is 13.2. The molecule has 1 N–H and O–H groups in total. The topological polar surface area (TPSA) is 15.3 Å². The molecule has 1 aliphatic carbocycles. The summed E-state index contributed by atoms with van der Waals surface area (Å²) < 4.78 is 0. The van der Waals surface area contributed by atoms with E-state index in [4.69, 9.17) is 0 Å². The van der Waals surface area contributed by atoms with Crippen molar-refractivity contribution in [2.75, 3.05) is 20.6 Å². The van der Waals surface area contributed by atoms with Crippen molar-refractivity contribution in [1.29, 1.82) is 0 Å². The zero-order valence-electron chi connectivity index (χ0n) is 12.2. The van der Waals surface area contributed by atoms with Gasteiger partial charge in [0.15, 0.2) is 0 Å². The molecule has 2 heteroatoms. The largest absolute Gasteiger partial charge is 0.311 e. The van der Waals surface area contributed by atoms with Crippen molar-refractivity contribution in [3.8, 4) is 0 Å². The molecule has 1 saturated carbocycles. The van der Waals surface area contributed by atoms with Crippen LogP contribution in [-0.4, -0.2) is 31.1 Å². The first-order valence-corrected chi connectivity index (χ1v) is 6.98. The van der Waals surface area contributed by atoms with E-state index in [0.717, 1.165) is 13.1 Å². The first kappa shape index (κ1) is 13.6. The van der Waals surface area contributed by atoms with Gasteiger partial charge in [0.25, 0.3) is 0 Å². The molecular weight excluding hydrogens is 220 g/mol. The van der Waals surface area contributed by atoms with E-state index < -0.39 is 0 Å². The highest BCUT2D eigenvalue weighted by Gasteiger charge is 2.38. The lowest BCUT2D eigenvalue weighted by atomic mass is 9.75. The minimum absolute atomic E-state index is 0.415. The Bertz CT molecular complexity index is 406. The molecule has 100 valence electrons. The van der Waals surface area contributed by atoms with E-state index in [1.54, 1.807) is 0 Å². The molecule has 2 rings (SSSR count). The summed E-state index contributed by atoms with van der Waals surface area (Å²) in [5.74, 6) is 0. The number of likely N-dealkylation sites (N-methyl/N-ethyl adjacent to an activating group) is 1. The van der Waals surface area contributed by atoms with Crippen LogP contribution in [-0.2, 0) is 6.54 Å². The highest BCUT2D eigenvalue weighted by atomic mass is 15.2. The Morgan fingerprint density at radius 2 is 1.94 bits per heavy atom. The van der Waals surface area contributed by atoms with Crippen LogP contribution in [0.1, 0.15) is 36.0 Å². The van der Waals surface area contributed by atoms with Gasteiger partial charge in [-0.3, -0.25) is 0 Å². The van der Waals surface area contributed by atoms with Crippen molar-refractivity contribution in [2.45, 2.75) is 45.2 Å². The van der Waals surface area contributed by atoms with Crippen molar-refractivity contribution in [3.63, 3.8) is 0 Å². The number of aryl methyl sites for hydroxylation is 2. The Kier molecular flexibility index (Phi) is 4.08. The van der Waals surface area contributed by atoms with E-state index >= 15 is 0 Å². The average molecular weight is 246 g/mol. The molecular formula is C16H26N2. The Morgan fingerprint density at radius 1 is 1.22 bits per heavy atom. The van der Waals surface area contributed by atoms with Gasteiger partial charge in [0.1, 0.15) is 0 Å². The van der Waals surface area contributed by atoms with Crippen LogP contribution in [0.5, 0.6) is 0 Å². The Morgan fingerprint density at radius 3 is 2.44 bits per heavy atom. The fraction of sp³-hybridized carbons (Fsp3) is 0.625. The van der Waals surface area contributed by atoms with Crippen LogP contribution in [0.2, 0.25) is 0 Å². The molecule has 2 nitrogen and oxygen atoms in total. The molecule has 18 heavy (non-hydrogen) atoms. The Balaban J connectivity index is 1.88. The maximum absolute atomic E-state index is 3.64. The fourth-order valence-corrected chi connectivity index (χ4v) is 2.84. The van der Waals surface area contributed by atoms with Gasteiger partial charge in [-0.15, -0.1) is 0 Å². The van der Waals surface area contributed by atoms with E-state index in [9.17, 15) is 0 Å². The van der Waals surface area contributed by atoms with E-state index in [0.29, 0.717) is 5.54 Å². The predicted octanol–water partition coefficient (Wildman–Crippen LogP) is 2.88. The Labute approximate surface area is 111 Å². The third kappa shape index (κ3) is 2.76. The van der Waals surface area contributed by atoms with E-state index in [-0.39, 0.29) is 0 Å². The molecule has 1 aliphatic rings. The summed E-state index contributed by atoms with van der Waals surface area (Å²) in [6, 6.07) is 6.72. The summed E-state index contributed by atoms with van der Waals surface area (Å²) >= 11 is 0. The fourth-order valence-electron chi connectivity index (χ4n) is 2.84. The number of nitrogens with zero attached hydrogens (tertiary/aromatic N) is 1. The summed E-state index contributed by atoms with van der Waals surface area (Å²) in [7, 11) is 4.41. The summed E-state index contributed by atoms with van der Waals surface area (Å²) in [6.45, 7) is 6.45. The van der Waals surface area contributed by atoms with E-state index in [1.807, 2.05) is 0 Å². The molecule has 0 aromatic heterocycles. The number of hydrogen-bond donors (Lipinski definition) is 1. The first-order chi connectivity index (χ1) is 8.53. The number of rotatable bonds is 5. The molecule has 0 radical (unpaired) electrons. The van der Waals surface area contributed by atoms with Crippen molar-refractivity contribution in [3.05, 3.63) is 34.9 Å². The molecule has 1 aromatic rings. The van der Waals surface area contributed by atoms with Crippen LogP contribution in [0.25, 0.3) is 0 Å². The molecule has 0 bridgehead atoms. The second-order valence-electron chi connectivity index (χ2n) is 6.01. The van der Waals surface area contributed by atoms with Crippen molar-refractivity contribution >= 4 is 0 Å². The van der Waals surface area contributed by atoms with Crippen molar-refractivity contribution in [1.82, 2.24) is 10.2 Å². The lowest BCUT2D eigenvalue weighted by Crippen LogP contribution is -2.56. The summed E-state index contributed by atoms with van der Waals surface area (Å²) in [5.41, 5.74) is 4.59. The quantitative estimate of drug-likeness (QED) is 0.859. The monoisotopic (exact) mass is 246 g/mol. The second-order valence-corrected chi connectivity index (χ2v) is 6.01. The van der Waals surface area contributed by atoms with Crippen molar-refractivity contribution in [2.24, 2.45) is 0 Å². The summed E-state index contributed by atoms with van der Waals surface area (Å²) in [6.07, 6.45) is 4.04. The highest BCUT2D eigenvalue weighted by Crippen LogP contribution is 2.35. The molecule has 0 atom stereocenters. The maximum Gasteiger partial charge on any atom is 0.0328 e. The van der Waals surface area contributed by atoms with Gasteiger partial charge in [0.2, 0.25) is 0 Å². The zero-order valence-corrected chi connectivity index (χ0v) is 12.2. The third-order valence-corrected chi connectivity index (χ3v) is 4.50. The summed E-state index contributed by atoms with van der Waals surface area (Å²) in [4.78, 5) is 2.39. The van der Waals surface area contributed by atoms with Gasteiger partial charge < -0.3 is 10.2 Å². The Hall–Kier alpha value is -0.860. The maximum atomic E-state index is 3.64. The van der Waals surface area contributed by atoms with E-state index in [1.165, 1.54) is 36.0 Å². The first-order valence-electron chi connectivity index (χ1n) is 6.98. The van der Waals surface area contributed by atoms with E-state index in [2.05, 4.69) is 56.4 Å². The standard InChI is InChI=1S/C16H26N2/c1-13-6-7-15(14(2)10-13)11-17-12-16(18(3)4)8-5-9-16/h6-7,10,17H,5,8-9,11-12H2,1-4H3. The third-order valence-electron chi connectivity index (χ3n) is 4.50. The van der Waals surface area contributed by atoms with Crippen LogP contribution in [0.15, 0.2) is 18.2 Å². The van der Waals surface area contributed by atoms with Crippen molar-refractivity contribution < 1.29 is 0 Å². The molecule has 0 unspecified atom stereocenters. The molecule has 0 aliphatic heterocycles. The van der Waals surface area contributed by atoms with Crippen LogP contribution >= 0.6 is 0 Å².